The smallest absolute Gasteiger partial charge is 0.238 e. The molecule has 0 aromatic heterocycles. The molecule has 5 nitrogen and oxygen atoms in total. The van der Waals surface area contributed by atoms with Gasteiger partial charge in [0.25, 0.3) is 0 Å². The van der Waals surface area contributed by atoms with Crippen LogP contribution >= 0.6 is 0 Å². The molecule has 2 rings (SSSR count). The van der Waals surface area contributed by atoms with Crippen molar-refractivity contribution >= 4 is 15.7 Å². The number of piperidine rings is 1. The Bertz CT molecular complexity index is 507. The van der Waals surface area contributed by atoms with Crippen LogP contribution in [0.4, 0.5) is 5.69 Å². The number of nitrogens with zero attached hydrogens (tertiary/aromatic N) is 1. The molecule has 0 bridgehead atoms. The number of sulfonamides is 1. The molecule has 1 aromatic rings. The monoisotopic (exact) mass is 283 g/mol. The van der Waals surface area contributed by atoms with E-state index in [2.05, 4.69) is 10.2 Å². The summed E-state index contributed by atoms with van der Waals surface area (Å²) >= 11 is 0. The first-order valence-corrected chi connectivity index (χ1v) is 8.06. The second-order valence-corrected chi connectivity index (χ2v) is 6.67. The quantitative estimate of drug-likeness (QED) is 0.856. The topological polar surface area (TPSA) is 75.4 Å². The highest BCUT2D eigenvalue weighted by molar-refractivity contribution is 7.89. The second kappa shape index (κ2) is 5.90. The van der Waals surface area contributed by atoms with E-state index in [0.717, 1.165) is 25.3 Å². The molecule has 19 heavy (non-hydrogen) atoms. The SMILES string of the molecule is CN(CC1CCNCC1)c1ccc(S(N)(=O)=O)cc1. The summed E-state index contributed by atoms with van der Waals surface area (Å²) in [4.78, 5) is 2.33. The van der Waals surface area contributed by atoms with E-state index < -0.39 is 10.0 Å². The van der Waals surface area contributed by atoms with Gasteiger partial charge in [-0.1, -0.05) is 0 Å². The third-order valence-electron chi connectivity index (χ3n) is 3.60. The van der Waals surface area contributed by atoms with E-state index in [9.17, 15) is 8.42 Å². The summed E-state index contributed by atoms with van der Waals surface area (Å²) < 4.78 is 22.4. The maximum atomic E-state index is 11.2. The van der Waals surface area contributed by atoms with Crippen LogP contribution in [0.2, 0.25) is 0 Å². The fraction of sp³-hybridized carbons (Fsp3) is 0.538. The summed E-state index contributed by atoms with van der Waals surface area (Å²) in [5.41, 5.74) is 1.02. The van der Waals surface area contributed by atoms with Crippen LogP contribution in [0.1, 0.15) is 12.8 Å². The standard InChI is InChI=1S/C13H21N3O2S/c1-16(10-11-6-8-15-9-7-11)12-2-4-13(5-3-12)19(14,17)18/h2-5,11,15H,6-10H2,1H3,(H2,14,17,18). The average molecular weight is 283 g/mol. The fourth-order valence-corrected chi connectivity index (χ4v) is 2.96. The minimum absolute atomic E-state index is 0.159. The molecule has 0 aliphatic carbocycles. The number of primary sulfonamides is 1. The van der Waals surface area contributed by atoms with Gasteiger partial charge >= 0.3 is 0 Å². The zero-order chi connectivity index (χ0) is 13.9. The van der Waals surface area contributed by atoms with Crippen LogP contribution in [0.25, 0.3) is 0 Å². The summed E-state index contributed by atoms with van der Waals surface area (Å²) in [6, 6.07) is 6.73. The predicted molar refractivity (Wildman–Crippen MR) is 76.7 cm³/mol. The molecule has 1 aliphatic heterocycles. The van der Waals surface area contributed by atoms with E-state index in [-0.39, 0.29) is 4.90 Å². The molecule has 1 heterocycles. The van der Waals surface area contributed by atoms with Gasteiger partial charge < -0.3 is 10.2 Å². The summed E-state index contributed by atoms with van der Waals surface area (Å²) in [7, 11) is -1.56. The lowest BCUT2D eigenvalue weighted by molar-refractivity contribution is 0.378. The third-order valence-corrected chi connectivity index (χ3v) is 4.53. The molecule has 1 saturated heterocycles. The Morgan fingerprint density at radius 1 is 1.26 bits per heavy atom. The zero-order valence-electron chi connectivity index (χ0n) is 11.2. The zero-order valence-corrected chi connectivity index (χ0v) is 12.0. The fourth-order valence-electron chi connectivity index (χ4n) is 2.45. The van der Waals surface area contributed by atoms with Gasteiger partial charge in [0.1, 0.15) is 0 Å². The largest absolute Gasteiger partial charge is 0.374 e. The first-order valence-electron chi connectivity index (χ1n) is 6.51. The van der Waals surface area contributed by atoms with Crippen LogP contribution in [0, 0.1) is 5.92 Å². The van der Waals surface area contributed by atoms with E-state index in [0.29, 0.717) is 5.92 Å². The number of nitrogens with two attached hydrogens (primary N) is 1. The van der Waals surface area contributed by atoms with Gasteiger partial charge in [0.2, 0.25) is 10.0 Å². The summed E-state index contributed by atoms with van der Waals surface area (Å²) in [6.45, 7) is 3.17. The van der Waals surface area contributed by atoms with Crippen molar-refractivity contribution in [3.8, 4) is 0 Å². The maximum Gasteiger partial charge on any atom is 0.238 e. The van der Waals surface area contributed by atoms with Gasteiger partial charge in [-0.2, -0.15) is 0 Å². The average Bonchev–Trinajstić information content (AvgIpc) is 2.39. The molecule has 0 radical (unpaired) electrons. The van der Waals surface area contributed by atoms with Crippen LogP contribution in [-0.4, -0.2) is 35.1 Å². The minimum Gasteiger partial charge on any atom is -0.374 e. The summed E-state index contributed by atoms with van der Waals surface area (Å²) in [6.07, 6.45) is 2.39. The Hall–Kier alpha value is -1.11. The molecular formula is C13H21N3O2S. The number of benzene rings is 1. The lowest BCUT2D eigenvalue weighted by Crippen LogP contribution is -2.34. The van der Waals surface area contributed by atoms with Gasteiger partial charge in [0, 0.05) is 19.3 Å². The molecule has 1 fully saturated rings. The van der Waals surface area contributed by atoms with Crippen molar-refractivity contribution in [2.45, 2.75) is 17.7 Å². The first-order chi connectivity index (χ1) is 8.97. The second-order valence-electron chi connectivity index (χ2n) is 5.11. The molecule has 106 valence electrons. The molecule has 3 N–H and O–H groups in total. The van der Waals surface area contributed by atoms with Gasteiger partial charge in [-0.3, -0.25) is 0 Å². The molecule has 0 amide bonds. The highest BCUT2D eigenvalue weighted by atomic mass is 32.2. The van der Waals surface area contributed by atoms with Crippen molar-refractivity contribution in [3.05, 3.63) is 24.3 Å². The van der Waals surface area contributed by atoms with E-state index in [1.807, 2.05) is 7.05 Å². The Kier molecular flexibility index (Phi) is 4.44. The van der Waals surface area contributed by atoms with E-state index in [1.54, 1.807) is 24.3 Å². The van der Waals surface area contributed by atoms with Crippen LogP contribution < -0.4 is 15.4 Å². The molecule has 0 spiro atoms. The van der Waals surface area contributed by atoms with E-state index >= 15 is 0 Å². The number of hydrogen-bond donors (Lipinski definition) is 2. The van der Waals surface area contributed by atoms with Gasteiger partial charge in [-0.05, 0) is 56.1 Å². The van der Waals surface area contributed by atoms with Gasteiger partial charge in [0.05, 0.1) is 4.90 Å². The van der Waals surface area contributed by atoms with Gasteiger partial charge in [-0.15, -0.1) is 0 Å². The Labute approximate surface area is 114 Å². The van der Waals surface area contributed by atoms with Crippen LogP contribution in [0.15, 0.2) is 29.2 Å². The van der Waals surface area contributed by atoms with Gasteiger partial charge in [-0.25, -0.2) is 13.6 Å². The maximum absolute atomic E-state index is 11.2. The first kappa shape index (κ1) is 14.3. The third kappa shape index (κ3) is 3.92. The molecule has 0 unspecified atom stereocenters. The normalized spacial score (nSPS) is 17.4. The van der Waals surface area contributed by atoms with Crippen molar-refractivity contribution in [2.24, 2.45) is 11.1 Å². The lowest BCUT2D eigenvalue weighted by atomic mass is 9.97. The highest BCUT2D eigenvalue weighted by Gasteiger charge is 2.15. The Balaban J connectivity index is 2.01. The highest BCUT2D eigenvalue weighted by Crippen LogP contribution is 2.20. The Morgan fingerprint density at radius 2 is 1.84 bits per heavy atom. The molecule has 0 atom stereocenters. The van der Waals surface area contributed by atoms with Crippen molar-refractivity contribution < 1.29 is 8.42 Å². The van der Waals surface area contributed by atoms with Crippen molar-refractivity contribution in [1.82, 2.24) is 5.32 Å². The number of nitrogens with one attached hydrogen (secondary N) is 1. The summed E-state index contributed by atoms with van der Waals surface area (Å²) in [5.74, 6) is 0.698. The predicted octanol–water partition coefficient (Wildman–Crippen LogP) is 0.770. The molecule has 1 aliphatic rings. The minimum atomic E-state index is -3.60. The number of anilines is 1. The lowest BCUT2D eigenvalue weighted by Gasteiger charge is -2.28. The van der Waals surface area contributed by atoms with Crippen molar-refractivity contribution in [1.29, 1.82) is 0 Å². The molecule has 6 heteroatoms. The van der Waals surface area contributed by atoms with Crippen LogP contribution in [0.5, 0.6) is 0 Å². The van der Waals surface area contributed by atoms with Crippen LogP contribution in [0.3, 0.4) is 0 Å². The van der Waals surface area contributed by atoms with E-state index in [1.165, 1.54) is 12.8 Å². The van der Waals surface area contributed by atoms with E-state index in [4.69, 9.17) is 5.14 Å². The summed E-state index contributed by atoms with van der Waals surface area (Å²) in [5, 5.41) is 8.44. The van der Waals surface area contributed by atoms with Crippen molar-refractivity contribution in [2.75, 3.05) is 31.6 Å². The van der Waals surface area contributed by atoms with Gasteiger partial charge in [0.15, 0.2) is 0 Å². The number of rotatable bonds is 4. The molecular weight excluding hydrogens is 262 g/mol. The van der Waals surface area contributed by atoms with Crippen molar-refractivity contribution in [3.63, 3.8) is 0 Å². The Morgan fingerprint density at radius 3 is 2.37 bits per heavy atom. The molecule has 0 saturated carbocycles. The number of hydrogen-bond acceptors (Lipinski definition) is 4. The molecule has 1 aromatic carbocycles. The van der Waals surface area contributed by atoms with Crippen LogP contribution in [-0.2, 0) is 10.0 Å².